The van der Waals surface area contributed by atoms with E-state index in [0.29, 0.717) is 0 Å². The largest absolute Gasteiger partial charge is 0.456 e. The third-order valence-corrected chi connectivity index (χ3v) is 11.1. The van der Waals surface area contributed by atoms with Gasteiger partial charge >= 0.3 is 0 Å². The standard InChI is InChI=1S/C50H35N3O/c1-2-51-43-21-9-6-18-38(43)39-28-26-34(31-47(39)51)33-14-12-17-36(30-33)52(37-27-29-41-40-19-8-11-25-48(40)54-49(41)32-37)45-23-13-24-46-50(45)42-20-7-10-22-44(42)53(46)35-15-4-3-5-16-35/h3-32H,2H2,1H3. The van der Waals surface area contributed by atoms with Crippen LogP contribution in [0.3, 0.4) is 0 Å². The molecule has 8 aromatic carbocycles. The second-order valence-electron chi connectivity index (χ2n) is 14.0. The predicted octanol–water partition coefficient (Wildman–Crippen LogP) is 13.9. The molecular weight excluding hydrogens is 659 g/mol. The number of nitrogens with zero attached hydrogens (tertiary/aromatic N) is 3. The van der Waals surface area contributed by atoms with E-state index < -0.39 is 0 Å². The molecule has 0 aliphatic carbocycles. The Kier molecular flexibility index (Phi) is 6.80. The van der Waals surface area contributed by atoms with Crippen molar-refractivity contribution < 1.29 is 4.42 Å². The molecule has 3 heterocycles. The summed E-state index contributed by atoms with van der Waals surface area (Å²) in [7, 11) is 0. The maximum absolute atomic E-state index is 6.48. The molecule has 11 rings (SSSR count). The van der Waals surface area contributed by atoms with Gasteiger partial charge in [-0.15, -0.1) is 0 Å². The maximum atomic E-state index is 6.48. The molecule has 11 aromatic rings. The number of fused-ring (bicyclic) bond motifs is 9. The van der Waals surface area contributed by atoms with Gasteiger partial charge in [-0.2, -0.15) is 0 Å². The summed E-state index contributed by atoms with van der Waals surface area (Å²) in [6, 6.07) is 65.6. The zero-order valence-corrected chi connectivity index (χ0v) is 29.8. The van der Waals surface area contributed by atoms with Crippen LogP contribution < -0.4 is 4.90 Å². The molecule has 3 aromatic heterocycles. The first-order valence-electron chi connectivity index (χ1n) is 18.7. The minimum atomic E-state index is 0.867. The zero-order chi connectivity index (χ0) is 35.8. The van der Waals surface area contributed by atoms with Crippen molar-refractivity contribution in [2.75, 3.05) is 4.90 Å². The molecule has 0 atom stereocenters. The molecule has 0 saturated carbocycles. The van der Waals surface area contributed by atoms with Gasteiger partial charge in [0.25, 0.3) is 0 Å². The van der Waals surface area contributed by atoms with Crippen LogP contribution in [-0.4, -0.2) is 9.13 Å². The number of rotatable bonds is 6. The second-order valence-corrected chi connectivity index (χ2v) is 14.0. The number of furan rings is 1. The predicted molar refractivity (Wildman–Crippen MR) is 227 cm³/mol. The van der Waals surface area contributed by atoms with E-state index in [1.165, 1.54) is 43.7 Å². The Morgan fingerprint density at radius 1 is 0.444 bits per heavy atom. The number of para-hydroxylation sites is 4. The highest BCUT2D eigenvalue weighted by atomic mass is 16.3. The first-order chi connectivity index (χ1) is 26.7. The molecular formula is C50H35N3O. The van der Waals surface area contributed by atoms with E-state index in [4.69, 9.17) is 4.42 Å². The monoisotopic (exact) mass is 693 g/mol. The van der Waals surface area contributed by atoms with E-state index in [1.54, 1.807) is 0 Å². The number of hydrogen-bond donors (Lipinski definition) is 0. The summed E-state index contributed by atoms with van der Waals surface area (Å²) >= 11 is 0. The lowest BCUT2D eigenvalue weighted by Crippen LogP contribution is -2.10. The van der Waals surface area contributed by atoms with Gasteiger partial charge in [0.2, 0.25) is 0 Å². The van der Waals surface area contributed by atoms with Gasteiger partial charge < -0.3 is 18.5 Å². The van der Waals surface area contributed by atoms with Crippen molar-refractivity contribution in [3.63, 3.8) is 0 Å². The van der Waals surface area contributed by atoms with Crippen molar-refractivity contribution in [1.29, 1.82) is 0 Å². The maximum Gasteiger partial charge on any atom is 0.137 e. The SMILES string of the molecule is CCn1c2ccccc2c2ccc(-c3cccc(N(c4ccc5c(c4)oc4ccccc45)c4cccc5c4c4ccccc4n5-c4ccccc4)c3)cc21. The summed E-state index contributed by atoms with van der Waals surface area (Å²) in [4.78, 5) is 2.40. The van der Waals surface area contributed by atoms with Crippen LogP contribution in [0, 0.1) is 0 Å². The molecule has 0 amide bonds. The van der Waals surface area contributed by atoms with Crippen LogP contribution in [0.1, 0.15) is 6.92 Å². The Morgan fingerprint density at radius 3 is 1.96 bits per heavy atom. The minimum absolute atomic E-state index is 0.867. The zero-order valence-electron chi connectivity index (χ0n) is 29.8. The fourth-order valence-electron chi connectivity index (χ4n) is 8.72. The minimum Gasteiger partial charge on any atom is -0.456 e. The first kappa shape index (κ1) is 30.6. The van der Waals surface area contributed by atoms with E-state index in [-0.39, 0.29) is 0 Å². The van der Waals surface area contributed by atoms with Gasteiger partial charge in [-0.1, -0.05) is 103 Å². The number of aryl methyl sites for hydroxylation is 1. The lowest BCUT2D eigenvalue weighted by Gasteiger charge is -2.27. The van der Waals surface area contributed by atoms with Gasteiger partial charge in [-0.3, -0.25) is 0 Å². The smallest absolute Gasteiger partial charge is 0.137 e. The molecule has 0 aliphatic heterocycles. The average Bonchev–Trinajstić information content (AvgIpc) is 3.88. The van der Waals surface area contributed by atoms with Gasteiger partial charge in [0, 0.05) is 73.0 Å². The Hall–Kier alpha value is -7.04. The summed E-state index contributed by atoms with van der Waals surface area (Å²) in [6.45, 7) is 3.14. The van der Waals surface area contributed by atoms with Crippen LogP contribution in [-0.2, 0) is 6.54 Å². The van der Waals surface area contributed by atoms with E-state index >= 15 is 0 Å². The highest BCUT2D eigenvalue weighted by molar-refractivity contribution is 6.17. The fraction of sp³-hybridized carbons (Fsp3) is 0.0400. The van der Waals surface area contributed by atoms with E-state index in [1.807, 2.05) is 12.1 Å². The molecule has 4 heteroatoms. The molecule has 54 heavy (non-hydrogen) atoms. The molecule has 0 saturated heterocycles. The molecule has 0 radical (unpaired) electrons. The third kappa shape index (κ3) is 4.56. The molecule has 0 unspecified atom stereocenters. The van der Waals surface area contributed by atoms with Gasteiger partial charge in [0.1, 0.15) is 11.2 Å². The van der Waals surface area contributed by atoms with Crippen molar-refractivity contribution in [2.45, 2.75) is 13.5 Å². The van der Waals surface area contributed by atoms with Gasteiger partial charge in [0.05, 0.1) is 16.7 Å². The Balaban J connectivity index is 1.16. The number of benzene rings is 8. The Labute approximate surface area is 312 Å². The quantitative estimate of drug-likeness (QED) is 0.173. The fourth-order valence-corrected chi connectivity index (χ4v) is 8.72. The van der Waals surface area contributed by atoms with E-state index in [0.717, 1.165) is 62.3 Å². The molecule has 0 aliphatic rings. The lowest BCUT2D eigenvalue weighted by atomic mass is 10.0. The van der Waals surface area contributed by atoms with Crippen LogP contribution in [0.25, 0.3) is 82.4 Å². The van der Waals surface area contributed by atoms with E-state index in [9.17, 15) is 0 Å². The highest BCUT2D eigenvalue weighted by Gasteiger charge is 2.22. The summed E-state index contributed by atoms with van der Waals surface area (Å²) in [5.74, 6) is 0. The topological polar surface area (TPSA) is 26.2 Å². The van der Waals surface area contributed by atoms with Crippen molar-refractivity contribution in [2.24, 2.45) is 0 Å². The Morgan fingerprint density at radius 2 is 1.09 bits per heavy atom. The van der Waals surface area contributed by atoms with Gasteiger partial charge in [0.15, 0.2) is 0 Å². The van der Waals surface area contributed by atoms with Crippen molar-refractivity contribution in [1.82, 2.24) is 9.13 Å². The van der Waals surface area contributed by atoms with Crippen LogP contribution >= 0.6 is 0 Å². The Bertz CT molecular complexity index is 3220. The highest BCUT2D eigenvalue weighted by Crippen LogP contribution is 2.46. The molecule has 0 fully saturated rings. The van der Waals surface area contributed by atoms with Crippen LogP contribution in [0.15, 0.2) is 186 Å². The molecule has 0 N–H and O–H groups in total. The number of aromatic nitrogens is 2. The normalized spacial score (nSPS) is 11.9. The molecule has 256 valence electrons. The number of hydrogen-bond acceptors (Lipinski definition) is 2. The summed E-state index contributed by atoms with van der Waals surface area (Å²) in [5, 5.41) is 7.22. The first-order valence-corrected chi connectivity index (χ1v) is 18.7. The summed E-state index contributed by atoms with van der Waals surface area (Å²) in [6.07, 6.45) is 0. The average molecular weight is 694 g/mol. The third-order valence-electron chi connectivity index (χ3n) is 11.1. The van der Waals surface area contributed by atoms with Crippen LogP contribution in [0.5, 0.6) is 0 Å². The van der Waals surface area contributed by atoms with Crippen molar-refractivity contribution in [3.8, 4) is 16.8 Å². The van der Waals surface area contributed by atoms with Crippen LogP contribution in [0.2, 0.25) is 0 Å². The van der Waals surface area contributed by atoms with Gasteiger partial charge in [-0.05, 0) is 90.8 Å². The lowest BCUT2D eigenvalue weighted by molar-refractivity contribution is 0.669. The molecule has 0 bridgehead atoms. The van der Waals surface area contributed by atoms with Gasteiger partial charge in [-0.25, -0.2) is 0 Å². The van der Waals surface area contributed by atoms with Crippen molar-refractivity contribution in [3.05, 3.63) is 182 Å². The van der Waals surface area contributed by atoms with Crippen LogP contribution in [0.4, 0.5) is 17.1 Å². The number of anilines is 3. The van der Waals surface area contributed by atoms with E-state index in [2.05, 4.69) is 191 Å². The van der Waals surface area contributed by atoms with Crippen molar-refractivity contribution >= 4 is 82.6 Å². The molecule has 0 spiro atoms. The molecule has 4 nitrogen and oxygen atoms in total. The second kappa shape index (κ2) is 12.0. The summed E-state index contributed by atoms with van der Waals surface area (Å²) < 4.78 is 11.3. The summed E-state index contributed by atoms with van der Waals surface area (Å²) in [5.41, 5.74) is 13.3.